The molecule has 0 unspecified atom stereocenters. The third-order valence-electron chi connectivity index (χ3n) is 1.58. The fourth-order valence-corrected chi connectivity index (χ4v) is 1.04. The molecule has 0 N–H and O–H groups in total. The molecule has 1 heteroatoms. The van der Waals surface area contributed by atoms with Gasteiger partial charge in [-0.1, -0.05) is 18.2 Å². The molecule has 0 saturated heterocycles. The molecule has 1 radical (unpaired) electrons. The molecule has 0 aliphatic heterocycles. The molecule has 0 spiro atoms. The highest BCUT2D eigenvalue weighted by Gasteiger charge is 1.89. The van der Waals surface area contributed by atoms with E-state index in [0.29, 0.717) is 0 Å². The van der Waals surface area contributed by atoms with Crippen molar-refractivity contribution in [2.45, 2.75) is 0 Å². The molecule has 0 aliphatic carbocycles. The van der Waals surface area contributed by atoms with Crippen molar-refractivity contribution < 1.29 is 0 Å². The van der Waals surface area contributed by atoms with Crippen molar-refractivity contribution in [1.82, 2.24) is 4.57 Å². The maximum absolute atomic E-state index is 3.07. The number of hydrogen-bond acceptors (Lipinski definition) is 0. The average Bonchev–Trinajstić information content (AvgIpc) is 2.58. The van der Waals surface area contributed by atoms with Crippen LogP contribution < -0.4 is 0 Å². The van der Waals surface area contributed by atoms with Gasteiger partial charge < -0.3 is 4.57 Å². The van der Waals surface area contributed by atoms with Crippen LogP contribution in [-0.4, -0.2) is 4.57 Å². The fraction of sp³-hybridized carbons (Fsp3) is 0. The van der Waals surface area contributed by atoms with Gasteiger partial charge >= 0.3 is 0 Å². The van der Waals surface area contributed by atoms with E-state index in [1.807, 2.05) is 41.1 Å². The van der Waals surface area contributed by atoms with Crippen LogP contribution >= 0.6 is 0 Å². The van der Waals surface area contributed by atoms with Crippen LogP contribution in [0.2, 0.25) is 0 Å². The molecule has 1 aromatic heterocycles. The minimum atomic E-state index is 1.15. The van der Waals surface area contributed by atoms with Crippen molar-refractivity contribution in [3.05, 3.63) is 54.9 Å². The normalized spacial score (nSPS) is 9.82. The Morgan fingerprint density at radius 3 is 2.45 bits per heavy atom. The van der Waals surface area contributed by atoms with E-state index < -0.39 is 0 Å². The van der Waals surface area contributed by atoms with E-state index in [1.165, 1.54) is 0 Å². The Hall–Kier alpha value is -1.50. The predicted octanol–water partition coefficient (Wildman–Crippen LogP) is 2.28. The van der Waals surface area contributed by atoms with Gasteiger partial charge in [-0.25, -0.2) is 0 Å². The minimum Gasteiger partial charge on any atom is -0.315 e. The summed E-state index contributed by atoms with van der Waals surface area (Å²) in [5, 5.41) is 0. The quantitative estimate of drug-likeness (QED) is 0.575. The molecule has 0 saturated carbocycles. The Morgan fingerprint density at radius 2 is 1.82 bits per heavy atom. The van der Waals surface area contributed by atoms with Crippen molar-refractivity contribution >= 4 is 0 Å². The summed E-state index contributed by atoms with van der Waals surface area (Å²) < 4.78 is 1.96. The summed E-state index contributed by atoms with van der Waals surface area (Å²) in [4.78, 5) is 0. The maximum Gasteiger partial charge on any atom is 0.0697 e. The lowest BCUT2D eigenvalue weighted by Crippen LogP contribution is -1.87. The summed E-state index contributed by atoms with van der Waals surface area (Å²) in [5.74, 6) is 0. The Labute approximate surface area is 65.9 Å². The molecular weight excluding hydrogens is 134 g/mol. The number of aromatic nitrogens is 1. The Kier molecular flexibility index (Phi) is 1.48. The molecule has 0 fully saturated rings. The SMILES string of the molecule is [c]1cccn1-c1ccccc1. The van der Waals surface area contributed by atoms with Gasteiger partial charge in [-0.3, -0.25) is 0 Å². The number of rotatable bonds is 1. The lowest BCUT2D eigenvalue weighted by molar-refractivity contribution is 1.07. The van der Waals surface area contributed by atoms with Crippen LogP contribution in [0.15, 0.2) is 48.7 Å². The van der Waals surface area contributed by atoms with E-state index in [-0.39, 0.29) is 0 Å². The zero-order valence-electron chi connectivity index (χ0n) is 6.07. The fourth-order valence-electron chi connectivity index (χ4n) is 1.04. The van der Waals surface area contributed by atoms with Gasteiger partial charge in [0.15, 0.2) is 0 Å². The van der Waals surface area contributed by atoms with Crippen molar-refractivity contribution in [3.63, 3.8) is 0 Å². The molecule has 11 heavy (non-hydrogen) atoms. The first-order valence-electron chi connectivity index (χ1n) is 3.57. The Bertz CT molecular complexity index is 308. The smallest absolute Gasteiger partial charge is 0.0697 e. The standard InChI is InChI=1S/C10H8N/c1-2-6-10(7-3-1)11-8-4-5-9-11/h1-8H. The van der Waals surface area contributed by atoms with Crippen molar-refractivity contribution in [2.24, 2.45) is 0 Å². The van der Waals surface area contributed by atoms with Crippen LogP contribution in [0, 0.1) is 6.20 Å². The molecular formula is C10H8N. The lowest BCUT2D eigenvalue weighted by Gasteiger charge is -1.98. The molecule has 53 valence electrons. The predicted molar refractivity (Wildman–Crippen MR) is 44.6 cm³/mol. The second kappa shape index (κ2) is 2.62. The highest BCUT2D eigenvalue weighted by atomic mass is 14.9. The van der Waals surface area contributed by atoms with Gasteiger partial charge in [0.25, 0.3) is 0 Å². The average molecular weight is 142 g/mol. The van der Waals surface area contributed by atoms with E-state index in [1.54, 1.807) is 0 Å². The van der Waals surface area contributed by atoms with Gasteiger partial charge in [-0.05, 0) is 24.3 Å². The summed E-state index contributed by atoms with van der Waals surface area (Å²) in [7, 11) is 0. The maximum atomic E-state index is 3.07. The minimum absolute atomic E-state index is 1.15. The Balaban J connectivity index is 2.46. The van der Waals surface area contributed by atoms with Gasteiger partial charge in [0.1, 0.15) is 0 Å². The first kappa shape index (κ1) is 6.23. The van der Waals surface area contributed by atoms with Crippen LogP contribution in [0.4, 0.5) is 0 Å². The summed E-state index contributed by atoms with van der Waals surface area (Å²) in [6.07, 6.45) is 5.05. The first-order valence-corrected chi connectivity index (χ1v) is 3.57. The molecule has 0 bridgehead atoms. The van der Waals surface area contributed by atoms with Gasteiger partial charge in [-0.2, -0.15) is 0 Å². The lowest BCUT2D eigenvalue weighted by atomic mass is 10.3. The topological polar surface area (TPSA) is 4.93 Å². The molecule has 0 aliphatic rings. The van der Waals surface area contributed by atoms with E-state index in [9.17, 15) is 0 Å². The summed E-state index contributed by atoms with van der Waals surface area (Å²) in [6, 6.07) is 14.0. The Morgan fingerprint density at radius 1 is 1.00 bits per heavy atom. The van der Waals surface area contributed by atoms with E-state index in [2.05, 4.69) is 18.3 Å². The van der Waals surface area contributed by atoms with Gasteiger partial charge in [-0.15, -0.1) is 0 Å². The number of hydrogen-bond donors (Lipinski definition) is 0. The molecule has 0 atom stereocenters. The van der Waals surface area contributed by atoms with E-state index in [0.717, 1.165) is 5.69 Å². The summed E-state index contributed by atoms with van der Waals surface area (Å²) >= 11 is 0. The largest absolute Gasteiger partial charge is 0.315 e. The second-order valence-electron chi connectivity index (χ2n) is 2.34. The summed E-state index contributed by atoms with van der Waals surface area (Å²) in [5.41, 5.74) is 1.15. The number of nitrogens with zero attached hydrogens (tertiary/aromatic N) is 1. The van der Waals surface area contributed by atoms with Crippen LogP contribution in [-0.2, 0) is 0 Å². The molecule has 1 aromatic carbocycles. The third-order valence-corrected chi connectivity index (χ3v) is 1.58. The molecule has 2 rings (SSSR count). The number of para-hydroxylation sites is 1. The second-order valence-corrected chi connectivity index (χ2v) is 2.34. The van der Waals surface area contributed by atoms with Gasteiger partial charge in [0.05, 0.1) is 6.20 Å². The van der Waals surface area contributed by atoms with E-state index >= 15 is 0 Å². The monoisotopic (exact) mass is 142 g/mol. The van der Waals surface area contributed by atoms with Gasteiger partial charge in [0, 0.05) is 11.9 Å². The highest BCUT2D eigenvalue weighted by molar-refractivity contribution is 5.31. The van der Waals surface area contributed by atoms with Crippen molar-refractivity contribution in [3.8, 4) is 5.69 Å². The van der Waals surface area contributed by atoms with E-state index in [4.69, 9.17) is 0 Å². The molecule has 1 nitrogen and oxygen atoms in total. The van der Waals surface area contributed by atoms with Crippen molar-refractivity contribution in [2.75, 3.05) is 0 Å². The van der Waals surface area contributed by atoms with Crippen LogP contribution in [0.1, 0.15) is 0 Å². The first-order chi connectivity index (χ1) is 5.47. The zero-order chi connectivity index (χ0) is 7.52. The molecule has 1 heterocycles. The zero-order valence-corrected chi connectivity index (χ0v) is 6.07. The van der Waals surface area contributed by atoms with Crippen LogP contribution in [0.3, 0.4) is 0 Å². The van der Waals surface area contributed by atoms with Gasteiger partial charge in [0.2, 0.25) is 0 Å². The number of benzene rings is 1. The third kappa shape index (κ3) is 1.17. The molecule has 2 aromatic rings. The summed E-state index contributed by atoms with van der Waals surface area (Å²) in [6.45, 7) is 0. The van der Waals surface area contributed by atoms with Crippen LogP contribution in [0.25, 0.3) is 5.69 Å². The van der Waals surface area contributed by atoms with Crippen molar-refractivity contribution in [1.29, 1.82) is 0 Å². The highest BCUT2D eigenvalue weighted by Crippen LogP contribution is 2.05. The molecule has 0 amide bonds. The van der Waals surface area contributed by atoms with Crippen LogP contribution in [0.5, 0.6) is 0 Å².